The molecule has 0 unspecified atom stereocenters. The summed E-state index contributed by atoms with van der Waals surface area (Å²) in [4.78, 5) is 26.2. The van der Waals surface area contributed by atoms with E-state index >= 15 is 0 Å². The maximum atomic E-state index is 12.1. The van der Waals surface area contributed by atoms with Gasteiger partial charge in [-0.2, -0.15) is 5.10 Å². The minimum atomic E-state index is -0.264. The molecule has 1 aromatic heterocycles. The van der Waals surface area contributed by atoms with E-state index in [4.69, 9.17) is 0 Å². The number of hydrogen-bond donors (Lipinski definition) is 0. The van der Waals surface area contributed by atoms with E-state index in [0.717, 1.165) is 11.3 Å². The van der Waals surface area contributed by atoms with Gasteiger partial charge in [-0.25, -0.2) is 4.68 Å². The highest BCUT2D eigenvalue weighted by molar-refractivity contribution is 5.89. The van der Waals surface area contributed by atoms with Gasteiger partial charge in [-0.05, 0) is 29.8 Å². The predicted octanol–water partition coefficient (Wildman–Crippen LogP) is 2.59. The number of aromatic nitrogens is 1. The van der Waals surface area contributed by atoms with Crippen LogP contribution in [0.1, 0.15) is 12.5 Å². The van der Waals surface area contributed by atoms with Crippen LogP contribution in [0.4, 0.5) is 5.69 Å². The molecular weight excluding hydrogens is 328 g/mol. The number of hydrazone groups is 1. The number of para-hydroxylation sites is 1. The van der Waals surface area contributed by atoms with E-state index in [0.29, 0.717) is 10.9 Å². The molecule has 0 fully saturated rings. The maximum Gasteiger partial charge on any atom is 0.259 e. The Hall–Kier alpha value is -3.41. The van der Waals surface area contributed by atoms with Crippen LogP contribution in [0.25, 0.3) is 10.9 Å². The average molecular weight is 348 g/mol. The van der Waals surface area contributed by atoms with E-state index in [1.165, 1.54) is 18.1 Å². The Bertz CT molecular complexity index is 1020. The molecule has 3 rings (SSSR count). The van der Waals surface area contributed by atoms with Crippen molar-refractivity contribution in [1.82, 2.24) is 4.68 Å². The number of pyridine rings is 1. The number of nitrogens with zero attached hydrogens (tertiary/aromatic N) is 4. The molecule has 0 N–H and O–H groups in total. The Morgan fingerprint density at radius 2 is 1.73 bits per heavy atom. The summed E-state index contributed by atoms with van der Waals surface area (Å²) >= 11 is 0. The first-order valence-electron chi connectivity index (χ1n) is 8.20. The molecule has 26 heavy (non-hydrogen) atoms. The van der Waals surface area contributed by atoms with Gasteiger partial charge < -0.3 is 4.90 Å². The summed E-state index contributed by atoms with van der Waals surface area (Å²) < 4.78 is 1.57. The van der Waals surface area contributed by atoms with Crippen LogP contribution in [-0.2, 0) is 4.79 Å². The van der Waals surface area contributed by atoms with Gasteiger partial charge in [-0.3, -0.25) is 9.59 Å². The van der Waals surface area contributed by atoms with Crippen LogP contribution < -0.4 is 15.4 Å². The lowest BCUT2D eigenvalue weighted by atomic mass is 10.2. The Kier molecular flexibility index (Phi) is 4.84. The summed E-state index contributed by atoms with van der Waals surface area (Å²) in [5.74, 6) is -0.264. The summed E-state index contributed by atoms with van der Waals surface area (Å²) in [5.41, 5.74) is 2.48. The highest BCUT2D eigenvalue weighted by atomic mass is 16.2. The number of hydrogen-bond acceptors (Lipinski definition) is 4. The molecule has 132 valence electrons. The number of carbonyl (C=O) groups excluding carboxylic acids is 1. The van der Waals surface area contributed by atoms with Gasteiger partial charge in [0.15, 0.2) is 5.43 Å². The zero-order valence-corrected chi connectivity index (χ0v) is 15.0. The first-order valence-corrected chi connectivity index (χ1v) is 8.20. The zero-order valence-electron chi connectivity index (χ0n) is 15.0. The third-order valence-electron chi connectivity index (χ3n) is 3.99. The minimum Gasteiger partial charge on any atom is -0.378 e. The Morgan fingerprint density at radius 3 is 2.38 bits per heavy atom. The first-order chi connectivity index (χ1) is 12.5. The highest BCUT2D eigenvalue weighted by Crippen LogP contribution is 2.13. The molecule has 0 bridgehead atoms. The summed E-state index contributed by atoms with van der Waals surface area (Å²) in [6, 6.07) is 16.4. The van der Waals surface area contributed by atoms with Crippen molar-refractivity contribution in [3.63, 3.8) is 0 Å². The normalized spacial score (nSPS) is 11.0. The van der Waals surface area contributed by atoms with Crippen LogP contribution in [0, 0.1) is 0 Å². The lowest BCUT2D eigenvalue weighted by molar-refractivity contribution is -0.118. The Balaban J connectivity index is 1.99. The van der Waals surface area contributed by atoms with Crippen molar-refractivity contribution in [2.24, 2.45) is 5.10 Å². The molecule has 3 aromatic rings. The van der Waals surface area contributed by atoms with Crippen LogP contribution in [0.5, 0.6) is 0 Å². The van der Waals surface area contributed by atoms with E-state index in [9.17, 15) is 9.59 Å². The van der Waals surface area contributed by atoms with Crippen molar-refractivity contribution in [3.05, 3.63) is 76.6 Å². The SMILES string of the molecule is CC(=O)N(N=Cc1ccc(N(C)C)cc1)n1ccc(=O)c2ccccc21. The lowest BCUT2D eigenvalue weighted by Gasteiger charge is -2.20. The second-order valence-electron chi connectivity index (χ2n) is 6.08. The zero-order chi connectivity index (χ0) is 18.7. The molecule has 2 aromatic carbocycles. The van der Waals surface area contributed by atoms with Crippen LogP contribution in [0.3, 0.4) is 0 Å². The molecule has 0 aliphatic carbocycles. The quantitative estimate of drug-likeness (QED) is 0.538. The van der Waals surface area contributed by atoms with E-state index in [1.807, 2.05) is 49.3 Å². The van der Waals surface area contributed by atoms with Gasteiger partial charge >= 0.3 is 0 Å². The Labute approximate surface area is 151 Å². The predicted molar refractivity (Wildman–Crippen MR) is 105 cm³/mol. The maximum absolute atomic E-state index is 12.1. The molecule has 0 atom stereocenters. The van der Waals surface area contributed by atoms with Gasteiger partial charge in [0.1, 0.15) is 0 Å². The van der Waals surface area contributed by atoms with Crippen molar-refractivity contribution < 1.29 is 4.79 Å². The van der Waals surface area contributed by atoms with Crippen molar-refractivity contribution in [3.8, 4) is 0 Å². The summed E-state index contributed by atoms with van der Waals surface area (Å²) in [6.07, 6.45) is 3.17. The molecule has 0 spiro atoms. The monoisotopic (exact) mass is 348 g/mol. The standard InChI is InChI=1S/C20H20N4O2/c1-15(25)24(21-14-16-8-10-17(11-9-16)22(2)3)23-13-12-20(26)18-6-4-5-7-19(18)23/h4-14H,1-3H3. The smallest absolute Gasteiger partial charge is 0.259 e. The third kappa shape index (κ3) is 3.49. The van der Waals surface area contributed by atoms with Gasteiger partial charge in [-0.15, -0.1) is 5.12 Å². The van der Waals surface area contributed by atoms with Gasteiger partial charge in [-0.1, -0.05) is 24.3 Å². The molecule has 1 heterocycles. The van der Waals surface area contributed by atoms with Crippen LogP contribution in [-0.4, -0.2) is 30.9 Å². The van der Waals surface area contributed by atoms with Crippen LogP contribution >= 0.6 is 0 Å². The third-order valence-corrected chi connectivity index (χ3v) is 3.99. The average Bonchev–Trinajstić information content (AvgIpc) is 2.64. The first kappa shape index (κ1) is 17.4. The van der Waals surface area contributed by atoms with E-state index in [1.54, 1.807) is 35.3 Å². The molecule has 0 saturated carbocycles. The number of carbonyl (C=O) groups is 1. The van der Waals surface area contributed by atoms with Crippen molar-refractivity contribution in [2.45, 2.75) is 6.92 Å². The molecule has 0 saturated heterocycles. The van der Waals surface area contributed by atoms with E-state index in [2.05, 4.69) is 5.10 Å². The van der Waals surface area contributed by atoms with Gasteiger partial charge in [0.05, 0.1) is 11.7 Å². The second kappa shape index (κ2) is 7.23. The number of rotatable bonds is 4. The summed E-state index contributed by atoms with van der Waals surface area (Å²) in [7, 11) is 3.95. The number of benzene rings is 2. The van der Waals surface area contributed by atoms with Crippen molar-refractivity contribution in [1.29, 1.82) is 0 Å². The minimum absolute atomic E-state index is 0.0939. The van der Waals surface area contributed by atoms with Crippen LogP contribution in [0.2, 0.25) is 0 Å². The molecule has 1 amide bonds. The molecule has 0 radical (unpaired) electrons. The summed E-state index contributed by atoms with van der Waals surface area (Å²) in [5, 5.41) is 6.10. The lowest BCUT2D eigenvalue weighted by Crippen LogP contribution is -2.34. The number of fused-ring (bicyclic) bond motifs is 1. The van der Waals surface area contributed by atoms with Crippen LogP contribution in [0.15, 0.2) is 70.7 Å². The second-order valence-corrected chi connectivity index (χ2v) is 6.08. The topological polar surface area (TPSA) is 57.9 Å². The van der Waals surface area contributed by atoms with E-state index < -0.39 is 0 Å². The fourth-order valence-corrected chi connectivity index (χ4v) is 2.62. The van der Waals surface area contributed by atoms with Gasteiger partial charge in [0.25, 0.3) is 5.91 Å². The van der Waals surface area contributed by atoms with Crippen molar-refractivity contribution in [2.75, 3.05) is 24.1 Å². The Morgan fingerprint density at radius 1 is 1.04 bits per heavy atom. The van der Waals surface area contributed by atoms with E-state index in [-0.39, 0.29) is 11.3 Å². The number of anilines is 1. The fraction of sp³-hybridized carbons (Fsp3) is 0.150. The number of amides is 1. The molecular formula is C20H20N4O2. The van der Waals surface area contributed by atoms with Gasteiger partial charge in [0, 0.05) is 44.4 Å². The fourth-order valence-electron chi connectivity index (χ4n) is 2.62. The molecule has 0 aliphatic heterocycles. The molecule has 0 aliphatic rings. The summed E-state index contributed by atoms with van der Waals surface area (Å²) in [6.45, 7) is 1.43. The molecule has 6 nitrogen and oxygen atoms in total. The van der Waals surface area contributed by atoms with Crippen molar-refractivity contribution >= 4 is 28.7 Å². The van der Waals surface area contributed by atoms with Gasteiger partial charge in [0.2, 0.25) is 0 Å². The largest absolute Gasteiger partial charge is 0.378 e. The highest BCUT2D eigenvalue weighted by Gasteiger charge is 2.12. The molecule has 6 heteroatoms.